The number of aromatic amines is 1. The first kappa shape index (κ1) is 14.5. The molecule has 0 radical (unpaired) electrons. The highest BCUT2D eigenvalue weighted by molar-refractivity contribution is 9.10. The van der Waals surface area contributed by atoms with Crippen LogP contribution in [0.25, 0.3) is 0 Å². The number of anilines is 1. The fourth-order valence-corrected chi connectivity index (χ4v) is 2.29. The van der Waals surface area contributed by atoms with Crippen LogP contribution in [0.5, 0.6) is 0 Å². The molecule has 0 fully saturated rings. The zero-order chi connectivity index (χ0) is 15.5. The average Bonchev–Trinajstić information content (AvgIpc) is 3.10. The number of hydrogen-bond acceptors (Lipinski definition) is 3. The summed E-state index contributed by atoms with van der Waals surface area (Å²) < 4.78 is 15.1. The minimum atomic E-state index is -0.314. The van der Waals surface area contributed by atoms with E-state index >= 15 is 0 Å². The topological polar surface area (TPSA) is 75.6 Å². The Kier molecular flexibility index (Phi) is 4.01. The molecule has 0 saturated heterocycles. The Morgan fingerprint density at radius 2 is 2.09 bits per heavy atom. The van der Waals surface area contributed by atoms with E-state index in [2.05, 4.69) is 36.5 Å². The lowest BCUT2D eigenvalue weighted by molar-refractivity contribution is 0.102. The molecule has 2 aromatic heterocycles. The number of nitrogens with one attached hydrogen (secondary N) is 2. The van der Waals surface area contributed by atoms with E-state index in [1.54, 1.807) is 29.2 Å². The van der Waals surface area contributed by atoms with E-state index in [9.17, 15) is 9.18 Å². The van der Waals surface area contributed by atoms with E-state index in [1.807, 2.05) is 0 Å². The van der Waals surface area contributed by atoms with E-state index in [1.165, 1.54) is 18.3 Å². The highest BCUT2D eigenvalue weighted by Crippen LogP contribution is 2.15. The van der Waals surface area contributed by atoms with Gasteiger partial charge >= 0.3 is 0 Å². The maximum Gasteiger partial charge on any atom is 0.274 e. The third-order valence-electron chi connectivity index (χ3n) is 2.97. The minimum absolute atomic E-state index is 0.276. The molecule has 1 aromatic carbocycles. The molecule has 0 saturated carbocycles. The Bertz CT molecular complexity index is 796. The zero-order valence-corrected chi connectivity index (χ0v) is 12.8. The van der Waals surface area contributed by atoms with Gasteiger partial charge in [0.1, 0.15) is 11.5 Å². The number of amides is 1. The van der Waals surface area contributed by atoms with Gasteiger partial charge < -0.3 is 5.32 Å². The molecule has 0 atom stereocenters. The monoisotopic (exact) mass is 363 g/mol. The van der Waals surface area contributed by atoms with Crippen molar-refractivity contribution in [3.8, 4) is 0 Å². The van der Waals surface area contributed by atoms with Crippen LogP contribution in [-0.2, 0) is 6.54 Å². The van der Waals surface area contributed by atoms with Crippen LogP contribution >= 0.6 is 15.9 Å². The van der Waals surface area contributed by atoms with Gasteiger partial charge in [0.05, 0.1) is 29.1 Å². The Hall–Kier alpha value is -2.48. The van der Waals surface area contributed by atoms with Crippen LogP contribution in [-0.4, -0.2) is 25.9 Å². The molecule has 3 aromatic rings. The number of H-pyrrole nitrogens is 1. The lowest BCUT2D eigenvalue weighted by Crippen LogP contribution is -2.12. The summed E-state index contributed by atoms with van der Waals surface area (Å²) in [5, 5.41) is 13.3. The third-order valence-corrected chi connectivity index (χ3v) is 3.57. The summed E-state index contributed by atoms with van der Waals surface area (Å²) in [7, 11) is 0. The first-order chi connectivity index (χ1) is 10.6. The average molecular weight is 364 g/mol. The number of halogens is 2. The summed E-state index contributed by atoms with van der Waals surface area (Å²) in [6, 6.07) is 6.18. The van der Waals surface area contributed by atoms with Crippen molar-refractivity contribution < 1.29 is 9.18 Å². The van der Waals surface area contributed by atoms with Gasteiger partial charge in [-0.2, -0.15) is 10.2 Å². The molecule has 0 aliphatic heterocycles. The number of nitrogens with zero attached hydrogens (tertiary/aromatic N) is 3. The number of benzene rings is 1. The maximum atomic E-state index is 12.9. The van der Waals surface area contributed by atoms with Crippen molar-refractivity contribution in [2.75, 3.05) is 5.32 Å². The normalized spacial score (nSPS) is 10.6. The number of hydrogen-bond donors (Lipinski definition) is 2. The van der Waals surface area contributed by atoms with Crippen molar-refractivity contribution in [2.24, 2.45) is 0 Å². The highest BCUT2D eigenvalue weighted by atomic mass is 79.9. The second kappa shape index (κ2) is 6.10. The van der Waals surface area contributed by atoms with Crippen molar-refractivity contribution in [2.45, 2.75) is 6.54 Å². The lowest BCUT2D eigenvalue weighted by atomic mass is 10.2. The summed E-state index contributed by atoms with van der Waals surface area (Å²) in [6.07, 6.45) is 4.75. The quantitative estimate of drug-likeness (QED) is 0.748. The Labute approximate surface area is 133 Å². The molecule has 2 heterocycles. The maximum absolute atomic E-state index is 12.9. The van der Waals surface area contributed by atoms with Crippen LogP contribution in [0.4, 0.5) is 10.1 Å². The Morgan fingerprint density at radius 3 is 2.77 bits per heavy atom. The predicted molar refractivity (Wildman–Crippen MR) is 82.0 cm³/mol. The van der Waals surface area contributed by atoms with E-state index < -0.39 is 0 Å². The van der Waals surface area contributed by atoms with Gasteiger partial charge in [-0.25, -0.2) is 4.39 Å². The first-order valence-corrected chi connectivity index (χ1v) is 7.18. The molecule has 0 aliphatic rings. The summed E-state index contributed by atoms with van der Waals surface area (Å²) >= 11 is 3.23. The molecule has 6 nitrogen and oxygen atoms in total. The molecule has 0 bridgehead atoms. The fourth-order valence-electron chi connectivity index (χ4n) is 1.92. The summed E-state index contributed by atoms with van der Waals surface area (Å²) in [5.74, 6) is -0.590. The molecular formula is C14H11BrFN5O. The van der Waals surface area contributed by atoms with Gasteiger partial charge in [0.2, 0.25) is 0 Å². The minimum Gasteiger partial charge on any atom is -0.318 e. The molecule has 0 unspecified atom stereocenters. The van der Waals surface area contributed by atoms with E-state index in [0.29, 0.717) is 22.4 Å². The van der Waals surface area contributed by atoms with Crippen molar-refractivity contribution in [3.05, 3.63) is 64.4 Å². The molecule has 22 heavy (non-hydrogen) atoms. The van der Waals surface area contributed by atoms with Gasteiger partial charge in [-0.15, -0.1) is 0 Å². The van der Waals surface area contributed by atoms with E-state index in [4.69, 9.17) is 0 Å². The third kappa shape index (κ3) is 3.22. The molecular weight excluding hydrogens is 353 g/mol. The molecule has 0 spiro atoms. The Morgan fingerprint density at radius 1 is 1.32 bits per heavy atom. The molecule has 0 aliphatic carbocycles. The van der Waals surface area contributed by atoms with E-state index in [-0.39, 0.29) is 11.7 Å². The van der Waals surface area contributed by atoms with Crippen LogP contribution in [0.15, 0.2) is 47.3 Å². The Balaban J connectivity index is 1.67. The lowest BCUT2D eigenvalue weighted by Gasteiger charge is -2.02. The summed E-state index contributed by atoms with van der Waals surface area (Å²) in [6.45, 7) is 0.490. The second-order valence-electron chi connectivity index (χ2n) is 4.60. The standard InChI is InChI=1S/C14H11BrFN5O/c15-12-6-17-20-13(12)14(22)19-11-5-18-21(8-11)7-9-1-3-10(16)4-2-9/h1-6,8H,7H2,(H,17,20)(H,19,22). The van der Waals surface area contributed by atoms with E-state index in [0.717, 1.165) is 5.56 Å². The van der Waals surface area contributed by atoms with Gasteiger partial charge in [0.25, 0.3) is 5.91 Å². The first-order valence-electron chi connectivity index (χ1n) is 6.39. The van der Waals surface area contributed by atoms with Gasteiger partial charge in [-0.1, -0.05) is 12.1 Å². The van der Waals surface area contributed by atoms with Crippen LogP contribution in [0.1, 0.15) is 16.1 Å². The van der Waals surface area contributed by atoms with Gasteiger partial charge in [0.15, 0.2) is 0 Å². The highest BCUT2D eigenvalue weighted by Gasteiger charge is 2.13. The molecule has 3 rings (SSSR count). The zero-order valence-electron chi connectivity index (χ0n) is 11.3. The smallest absolute Gasteiger partial charge is 0.274 e. The van der Waals surface area contributed by atoms with Crippen molar-refractivity contribution in [1.82, 2.24) is 20.0 Å². The van der Waals surface area contributed by atoms with Crippen LogP contribution in [0.2, 0.25) is 0 Å². The molecule has 112 valence electrons. The number of carbonyl (C=O) groups excluding carboxylic acids is 1. The van der Waals surface area contributed by atoms with Gasteiger partial charge in [-0.3, -0.25) is 14.6 Å². The SMILES string of the molecule is O=C(Nc1cnn(Cc2ccc(F)cc2)c1)c1[nH]ncc1Br. The van der Waals surface area contributed by atoms with Crippen LogP contribution < -0.4 is 5.32 Å². The van der Waals surface area contributed by atoms with Crippen molar-refractivity contribution >= 4 is 27.5 Å². The fraction of sp³-hybridized carbons (Fsp3) is 0.0714. The summed E-state index contributed by atoms with van der Waals surface area (Å²) in [4.78, 5) is 12.0. The van der Waals surface area contributed by atoms with Crippen molar-refractivity contribution in [3.63, 3.8) is 0 Å². The van der Waals surface area contributed by atoms with Crippen LogP contribution in [0.3, 0.4) is 0 Å². The number of aromatic nitrogens is 4. The van der Waals surface area contributed by atoms with Crippen molar-refractivity contribution in [1.29, 1.82) is 0 Å². The molecule has 2 N–H and O–H groups in total. The second-order valence-corrected chi connectivity index (χ2v) is 5.45. The number of carbonyl (C=O) groups is 1. The van der Waals surface area contributed by atoms with Gasteiger partial charge in [-0.05, 0) is 33.6 Å². The predicted octanol–water partition coefficient (Wildman–Crippen LogP) is 2.81. The molecule has 8 heteroatoms. The largest absolute Gasteiger partial charge is 0.318 e. The van der Waals surface area contributed by atoms with Crippen LogP contribution in [0, 0.1) is 5.82 Å². The van der Waals surface area contributed by atoms with Gasteiger partial charge in [0, 0.05) is 6.20 Å². The number of rotatable bonds is 4. The summed E-state index contributed by atoms with van der Waals surface area (Å²) in [5.41, 5.74) is 1.82. The molecule has 1 amide bonds.